The highest BCUT2D eigenvalue weighted by atomic mass is 16.5. The smallest absolute Gasteiger partial charge is 0.344 e. The van der Waals surface area contributed by atoms with Gasteiger partial charge in [-0.3, -0.25) is 9.59 Å². The van der Waals surface area contributed by atoms with E-state index in [4.69, 9.17) is 27.8 Å². The SMILES string of the molecule is CCC(CC(C)(C)C(=O)OCCCCCCCCCCOc1ccc2cc(-c3ccccc3)oc(=O)c2c1)C(=O)OCCCCCCCCCCOc1ccc2cc(-c3ccccc3)oc(=O)c2c1. The molecule has 0 N–H and O–H groups in total. The van der Waals surface area contributed by atoms with Crippen LogP contribution in [-0.4, -0.2) is 38.4 Å². The predicted octanol–water partition coefficient (Wildman–Crippen LogP) is 14.5. The molecule has 0 saturated carbocycles. The molecule has 69 heavy (non-hydrogen) atoms. The molecule has 6 rings (SSSR count). The second-order valence-corrected chi connectivity index (χ2v) is 18.9. The second kappa shape index (κ2) is 27.7. The molecule has 1 atom stereocenters. The van der Waals surface area contributed by atoms with Crippen LogP contribution in [0.3, 0.4) is 0 Å². The van der Waals surface area contributed by atoms with Gasteiger partial charge in [-0.05, 0) is 99.5 Å². The fraction of sp³-hybridized carbons (Fsp3) is 0.458. The van der Waals surface area contributed by atoms with E-state index >= 15 is 0 Å². The van der Waals surface area contributed by atoms with E-state index in [1.54, 1.807) is 12.1 Å². The first-order chi connectivity index (χ1) is 33.6. The van der Waals surface area contributed by atoms with Crippen molar-refractivity contribution in [2.45, 2.75) is 136 Å². The van der Waals surface area contributed by atoms with Gasteiger partial charge in [-0.1, -0.05) is 157 Å². The normalized spacial score (nSPS) is 12.0. The van der Waals surface area contributed by atoms with Crippen molar-refractivity contribution in [3.8, 4) is 34.1 Å². The van der Waals surface area contributed by atoms with Crippen LogP contribution in [0.1, 0.15) is 136 Å². The maximum atomic E-state index is 13.0. The molecule has 6 aromatic rings. The molecule has 0 saturated heterocycles. The Kier molecular flexibility index (Phi) is 21.0. The molecule has 0 spiro atoms. The lowest BCUT2D eigenvalue weighted by atomic mass is 9.81. The van der Waals surface area contributed by atoms with E-state index in [-0.39, 0.29) is 29.1 Å². The molecule has 0 radical (unpaired) electrons. The summed E-state index contributed by atoms with van der Waals surface area (Å²) in [7, 11) is 0. The molecule has 2 heterocycles. The topological polar surface area (TPSA) is 131 Å². The predicted molar refractivity (Wildman–Crippen MR) is 275 cm³/mol. The number of carbonyl (C=O) groups is 2. The number of ether oxygens (including phenoxy) is 4. The summed E-state index contributed by atoms with van der Waals surface area (Å²) in [5, 5.41) is 2.69. The Balaban J connectivity index is 0.724. The van der Waals surface area contributed by atoms with Crippen LogP contribution in [0, 0.1) is 11.3 Å². The summed E-state index contributed by atoms with van der Waals surface area (Å²) in [6, 6.07) is 34.2. The van der Waals surface area contributed by atoms with Gasteiger partial charge in [0.1, 0.15) is 23.0 Å². The first-order valence-corrected chi connectivity index (χ1v) is 25.5. The quantitative estimate of drug-likeness (QED) is 0.0306. The fourth-order valence-corrected chi connectivity index (χ4v) is 8.65. The van der Waals surface area contributed by atoms with E-state index in [1.807, 2.05) is 118 Å². The summed E-state index contributed by atoms with van der Waals surface area (Å²) in [4.78, 5) is 51.3. The standard InChI is InChI=1S/C59H72O10/c1-4-44(55(60)66-37-25-15-11-7-5-9-13-23-35-64-49-33-31-47-39-53(45-27-19-17-20-28-45)68-56(61)51(47)41-49)43-59(2,3)58(63)67-38-26-16-12-8-6-10-14-24-36-65-50-34-32-48-40-54(46-29-21-18-22-30-46)69-57(62)52(48)42-50/h17-22,27-34,39-42,44H,4-16,23-26,35-38,43H2,1-3H3. The number of esters is 2. The summed E-state index contributed by atoms with van der Waals surface area (Å²) in [6.07, 6.45) is 17.8. The lowest BCUT2D eigenvalue weighted by Gasteiger charge is -2.26. The van der Waals surface area contributed by atoms with Crippen molar-refractivity contribution >= 4 is 33.5 Å². The highest BCUT2D eigenvalue weighted by molar-refractivity contribution is 5.86. The van der Waals surface area contributed by atoms with Crippen LogP contribution in [0.15, 0.2) is 128 Å². The number of carbonyl (C=O) groups excluding carboxylic acids is 2. The van der Waals surface area contributed by atoms with Gasteiger partial charge in [-0.15, -0.1) is 0 Å². The third kappa shape index (κ3) is 16.8. The minimum atomic E-state index is -0.770. The van der Waals surface area contributed by atoms with Crippen LogP contribution in [0.25, 0.3) is 44.2 Å². The van der Waals surface area contributed by atoms with E-state index < -0.39 is 5.41 Å². The van der Waals surface area contributed by atoms with Crippen LogP contribution in [0.2, 0.25) is 0 Å². The van der Waals surface area contributed by atoms with Gasteiger partial charge < -0.3 is 27.8 Å². The summed E-state index contributed by atoms with van der Waals surface area (Å²) >= 11 is 0. The van der Waals surface area contributed by atoms with Crippen molar-refractivity contribution in [3.05, 3.63) is 130 Å². The Morgan fingerprint density at radius 3 is 1.30 bits per heavy atom. The zero-order valence-corrected chi connectivity index (χ0v) is 41.1. The molecule has 368 valence electrons. The van der Waals surface area contributed by atoms with Gasteiger partial charge in [0, 0.05) is 11.1 Å². The number of rotatable bonds is 31. The molecule has 0 fully saturated rings. The van der Waals surface area contributed by atoms with Gasteiger partial charge in [0.05, 0.1) is 48.5 Å². The van der Waals surface area contributed by atoms with Gasteiger partial charge in [0.25, 0.3) is 0 Å². The Morgan fingerprint density at radius 2 is 0.884 bits per heavy atom. The average molecular weight is 941 g/mol. The van der Waals surface area contributed by atoms with Crippen molar-refractivity contribution in [2.75, 3.05) is 26.4 Å². The number of hydrogen-bond donors (Lipinski definition) is 0. The van der Waals surface area contributed by atoms with Gasteiger partial charge in [-0.2, -0.15) is 0 Å². The lowest BCUT2D eigenvalue weighted by Crippen LogP contribution is -2.32. The zero-order chi connectivity index (χ0) is 48.7. The van der Waals surface area contributed by atoms with Gasteiger partial charge in [-0.25, -0.2) is 9.59 Å². The number of fused-ring (bicyclic) bond motifs is 2. The number of benzene rings is 4. The molecular formula is C59H72O10. The molecule has 10 heteroatoms. The Hall–Kier alpha value is -6.16. The first kappa shape index (κ1) is 52.2. The largest absolute Gasteiger partial charge is 0.494 e. The minimum absolute atomic E-state index is 0.226. The summed E-state index contributed by atoms with van der Waals surface area (Å²) < 4.78 is 34.4. The second-order valence-electron chi connectivity index (χ2n) is 18.9. The monoisotopic (exact) mass is 941 g/mol. The third-order valence-corrected chi connectivity index (χ3v) is 12.8. The van der Waals surface area contributed by atoms with Gasteiger partial charge in [0.15, 0.2) is 0 Å². The molecule has 0 bridgehead atoms. The highest BCUT2D eigenvalue weighted by Gasteiger charge is 2.35. The van der Waals surface area contributed by atoms with E-state index in [0.717, 1.165) is 125 Å². The van der Waals surface area contributed by atoms with Crippen LogP contribution in [-0.2, 0) is 19.1 Å². The average Bonchev–Trinajstić information content (AvgIpc) is 3.36. The molecular weight excluding hydrogens is 869 g/mol. The summed E-state index contributed by atoms with van der Waals surface area (Å²) in [5.41, 5.74) is 0.230. The molecule has 10 nitrogen and oxygen atoms in total. The van der Waals surface area contributed by atoms with E-state index in [2.05, 4.69) is 0 Å². The maximum absolute atomic E-state index is 13.0. The Labute approximate surface area is 407 Å². The van der Waals surface area contributed by atoms with E-state index in [0.29, 0.717) is 73.1 Å². The summed E-state index contributed by atoms with van der Waals surface area (Å²) in [5.74, 6) is 1.63. The Morgan fingerprint density at radius 1 is 0.493 bits per heavy atom. The molecule has 0 amide bonds. The molecule has 4 aromatic carbocycles. The fourth-order valence-electron chi connectivity index (χ4n) is 8.65. The molecule has 0 aliphatic carbocycles. The maximum Gasteiger partial charge on any atom is 0.344 e. The van der Waals surface area contributed by atoms with Crippen molar-refractivity contribution in [1.82, 2.24) is 0 Å². The van der Waals surface area contributed by atoms with Crippen LogP contribution < -0.4 is 20.7 Å². The lowest BCUT2D eigenvalue weighted by molar-refractivity contribution is -0.158. The van der Waals surface area contributed by atoms with Crippen LogP contribution in [0.4, 0.5) is 0 Å². The van der Waals surface area contributed by atoms with Crippen molar-refractivity contribution < 1.29 is 37.4 Å². The van der Waals surface area contributed by atoms with Crippen molar-refractivity contribution in [2.24, 2.45) is 11.3 Å². The van der Waals surface area contributed by atoms with Crippen LogP contribution in [0.5, 0.6) is 11.5 Å². The molecule has 0 aliphatic rings. The molecule has 1 unspecified atom stereocenters. The van der Waals surface area contributed by atoms with Crippen LogP contribution >= 0.6 is 0 Å². The highest BCUT2D eigenvalue weighted by Crippen LogP contribution is 2.31. The van der Waals surface area contributed by atoms with Gasteiger partial charge >= 0.3 is 23.2 Å². The number of hydrogen-bond acceptors (Lipinski definition) is 10. The molecule has 0 aliphatic heterocycles. The molecule has 2 aromatic heterocycles. The first-order valence-electron chi connectivity index (χ1n) is 25.5. The van der Waals surface area contributed by atoms with E-state index in [1.165, 1.54) is 0 Å². The van der Waals surface area contributed by atoms with Crippen molar-refractivity contribution in [3.63, 3.8) is 0 Å². The Bertz CT molecular complexity index is 2610. The third-order valence-electron chi connectivity index (χ3n) is 12.8. The number of unbranched alkanes of at least 4 members (excludes halogenated alkanes) is 14. The minimum Gasteiger partial charge on any atom is -0.494 e. The van der Waals surface area contributed by atoms with Gasteiger partial charge in [0.2, 0.25) is 0 Å². The van der Waals surface area contributed by atoms with Crippen molar-refractivity contribution in [1.29, 1.82) is 0 Å². The summed E-state index contributed by atoms with van der Waals surface area (Å²) in [6.45, 7) is 7.68. The van der Waals surface area contributed by atoms with E-state index in [9.17, 15) is 19.2 Å². The zero-order valence-electron chi connectivity index (χ0n) is 41.1.